The number of nitrogens with zero attached hydrogens (tertiary/aromatic N) is 3. The van der Waals surface area contributed by atoms with Crippen molar-refractivity contribution in [2.24, 2.45) is 7.05 Å². The molecule has 108 valence electrons. The maximum absolute atomic E-state index is 10.7. The lowest BCUT2D eigenvalue weighted by molar-refractivity contribution is 0.219. The molecule has 2 aromatic rings. The number of aryl methyl sites for hydroxylation is 2. The van der Waals surface area contributed by atoms with Crippen LogP contribution in [-0.4, -0.2) is 19.9 Å². The van der Waals surface area contributed by atoms with Crippen LogP contribution in [0.4, 0.5) is 5.82 Å². The highest BCUT2D eigenvalue weighted by Gasteiger charge is 2.26. The first-order valence-corrected chi connectivity index (χ1v) is 6.83. The van der Waals surface area contributed by atoms with E-state index in [1.54, 1.807) is 17.9 Å². The van der Waals surface area contributed by atoms with E-state index in [1.165, 1.54) is 0 Å². The molecule has 0 aliphatic rings. The normalized spacial score (nSPS) is 12.9. The minimum atomic E-state index is -0.930. The minimum Gasteiger partial charge on any atom is -0.383 e. The number of hydrogen-bond donors (Lipinski definition) is 2. The molecule has 6 heteroatoms. The maximum Gasteiger partial charge on any atom is 0.133 e. The minimum absolute atomic E-state index is 0.150. The van der Waals surface area contributed by atoms with Crippen LogP contribution < -0.4 is 5.73 Å². The first kappa shape index (κ1) is 14.8. The van der Waals surface area contributed by atoms with Crippen LogP contribution in [0.1, 0.15) is 48.3 Å². The monoisotopic (exact) mass is 294 g/mol. The van der Waals surface area contributed by atoms with Crippen LogP contribution in [0.5, 0.6) is 0 Å². The largest absolute Gasteiger partial charge is 0.383 e. The van der Waals surface area contributed by atoms with Crippen molar-refractivity contribution in [3.8, 4) is 0 Å². The van der Waals surface area contributed by atoms with Gasteiger partial charge in [-0.05, 0) is 24.5 Å². The SMILES string of the molecule is Cc1cnc(N)c(C(O)c2c(C(C)C)nn(C)c2Cl)c1. The van der Waals surface area contributed by atoms with Crippen molar-refractivity contribution >= 4 is 17.4 Å². The van der Waals surface area contributed by atoms with E-state index in [1.807, 2.05) is 26.8 Å². The third-order valence-corrected chi connectivity index (χ3v) is 3.69. The van der Waals surface area contributed by atoms with Crippen molar-refractivity contribution in [1.29, 1.82) is 0 Å². The molecule has 20 heavy (non-hydrogen) atoms. The van der Waals surface area contributed by atoms with E-state index in [-0.39, 0.29) is 5.92 Å². The van der Waals surface area contributed by atoms with Crippen molar-refractivity contribution in [2.75, 3.05) is 5.73 Å². The van der Waals surface area contributed by atoms with Gasteiger partial charge in [-0.25, -0.2) is 4.98 Å². The van der Waals surface area contributed by atoms with E-state index in [2.05, 4.69) is 10.1 Å². The van der Waals surface area contributed by atoms with Gasteiger partial charge in [-0.3, -0.25) is 4.68 Å². The van der Waals surface area contributed by atoms with Crippen LogP contribution in [0.2, 0.25) is 5.15 Å². The number of rotatable bonds is 3. The number of halogens is 1. The number of hydrogen-bond acceptors (Lipinski definition) is 4. The zero-order valence-electron chi connectivity index (χ0n) is 12.1. The molecule has 1 atom stereocenters. The lowest BCUT2D eigenvalue weighted by atomic mass is 9.97. The molecule has 0 aliphatic heterocycles. The number of aromatic nitrogens is 3. The van der Waals surface area contributed by atoms with Gasteiger partial charge >= 0.3 is 0 Å². The number of aliphatic hydroxyl groups is 1. The molecule has 0 aromatic carbocycles. The maximum atomic E-state index is 10.7. The van der Waals surface area contributed by atoms with Gasteiger partial charge in [0.25, 0.3) is 0 Å². The predicted octanol–water partition coefficient (Wildman–Crippen LogP) is 2.56. The van der Waals surface area contributed by atoms with Crippen LogP contribution in [-0.2, 0) is 7.05 Å². The molecule has 3 N–H and O–H groups in total. The van der Waals surface area contributed by atoms with E-state index < -0.39 is 6.10 Å². The number of aliphatic hydroxyl groups excluding tert-OH is 1. The molecule has 0 saturated heterocycles. The van der Waals surface area contributed by atoms with Gasteiger partial charge in [0.1, 0.15) is 17.1 Å². The van der Waals surface area contributed by atoms with Gasteiger partial charge in [0.05, 0.1) is 5.69 Å². The zero-order chi connectivity index (χ0) is 15.0. The summed E-state index contributed by atoms with van der Waals surface area (Å²) in [5.41, 5.74) is 8.73. The summed E-state index contributed by atoms with van der Waals surface area (Å²) in [5.74, 6) is 0.454. The Balaban J connectivity index is 2.58. The van der Waals surface area contributed by atoms with E-state index in [0.717, 1.165) is 11.3 Å². The van der Waals surface area contributed by atoms with Crippen molar-refractivity contribution in [3.05, 3.63) is 39.8 Å². The molecule has 0 bridgehead atoms. The molecular formula is C14H19ClN4O. The number of pyridine rings is 1. The summed E-state index contributed by atoms with van der Waals surface area (Å²) in [4.78, 5) is 4.08. The summed E-state index contributed by atoms with van der Waals surface area (Å²) in [6.07, 6.45) is 0.737. The molecular weight excluding hydrogens is 276 g/mol. The molecule has 0 fully saturated rings. The molecule has 0 spiro atoms. The van der Waals surface area contributed by atoms with Gasteiger partial charge < -0.3 is 10.8 Å². The van der Waals surface area contributed by atoms with E-state index in [0.29, 0.717) is 22.1 Å². The Hall–Kier alpha value is -1.59. The molecule has 0 radical (unpaired) electrons. The van der Waals surface area contributed by atoms with Crippen molar-refractivity contribution in [1.82, 2.24) is 14.8 Å². The van der Waals surface area contributed by atoms with E-state index in [9.17, 15) is 5.11 Å². The molecule has 2 heterocycles. The Labute approximate surface area is 123 Å². The first-order chi connectivity index (χ1) is 9.32. The van der Waals surface area contributed by atoms with E-state index >= 15 is 0 Å². The van der Waals surface area contributed by atoms with Crippen molar-refractivity contribution in [2.45, 2.75) is 32.8 Å². The average Bonchev–Trinajstić information content (AvgIpc) is 2.68. The van der Waals surface area contributed by atoms with Crippen LogP contribution in [0.3, 0.4) is 0 Å². The quantitative estimate of drug-likeness (QED) is 0.912. The highest BCUT2D eigenvalue weighted by atomic mass is 35.5. The predicted molar refractivity (Wildman–Crippen MR) is 79.8 cm³/mol. The zero-order valence-corrected chi connectivity index (χ0v) is 12.8. The Morgan fingerprint density at radius 1 is 1.40 bits per heavy atom. The Bertz CT molecular complexity index is 636. The number of anilines is 1. The second-order valence-corrected chi connectivity index (χ2v) is 5.62. The first-order valence-electron chi connectivity index (χ1n) is 6.45. The van der Waals surface area contributed by atoms with Crippen molar-refractivity contribution < 1.29 is 5.11 Å². The Morgan fingerprint density at radius 3 is 2.65 bits per heavy atom. The average molecular weight is 295 g/mol. The van der Waals surface area contributed by atoms with Gasteiger partial charge in [0.2, 0.25) is 0 Å². The second kappa shape index (κ2) is 5.42. The highest BCUT2D eigenvalue weighted by Crippen LogP contribution is 2.35. The lowest BCUT2D eigenvalue weighted by Crippen LogP contribution is -2.08. The summed E-state index contributed by atoms with van der Waals surface area (Å²) in [7, 11) is 1.75. The van der Waals surface area contributed by atoms with Gasteiger partial charge in [-0.1, -0.05) is 25.4 Å². The summed E-state index contributed by atoms with van der Waals surface area (Å²) >= 11 is 6.27. The lowest BCUT2D eigenvalue weighted by Gasteiger charge is -2.15. The van der Waals surface area contributed by atoms with Gasteiger partial charge in [-0.15, -0.1) is 0 Å². The molecule has 1 unspecified atom stereocenters. The fourth-order valence-corrected chi connectivity index (χ4v) is 2.43. The molecule has 0 aliphatic carbocycles. The fourth-order valence-electron chi connectivity index (χ4n) is 2.20. The standard InChI is InChI=1S/C14H19ClN4O/c1-7(2)11-10(13(15)19(4)18-11)12(20)9-5-8(3)6-17-14(9)16/h5-7,12,20H,1-4H3,(H2,16,17). The molecule has 5 nitrogen and oxygen atoms in total. The third-order valence-electron chi connectivity index (χ3n) is 3.24. The van der Waals surface area contributed by atoms with Crippen LogP contribution in [0.15, 0.2) is 12.3 Å². The Morgan fingerprint density at radius 2 is 2.05 bits per heavy atom. The summed E-state index contributed by atoms with van der Waals surface area (Å²) in [6.45, 7) is 5.91. The van der Waals surface area contributed by atoms with Gasteiger partial charge in [-0.2, -0.15) is 5.10 Å². The highest BCUT2D eigenvalue weighted by molar-refractivity contribution is 6.30. The topological polar surface area (TPSA) is 77.0 Å². The second-order valence-electron chi connectivity index (χ2n) is 5.26. The van der Waals surface area contributed by atoms with Crippen molar-refractivity contribution in [3.63, 3.8) is 0 Å². The van der Waals surface area contributed by atoms with Crippen LogP contribution in [0, 0.1) is 6.92 Å². The fraction of sp³-hybridized carbons (Fsp3) is 0.429. The summed E-state index contributed by atoms with van der Waals surface area (Å²) < 4.78 is 1.56. The smallest absolute Gasteiger partial charge is 0.133 e. The third kappa shape index (κ3) is 2.51. The number of nitrogen functional groups attached to an aromatic ring is 1. The van der Waals surface area contributed by atoms with Crippen LogP contribution in [0.25, 0.3) is 0 Å². The molecule has 0 amide bonds. The van der Waals surface area contributed by atoms with Gasteiger partial charge in [0.15, 0.2) is 0 Å². The molecule has 0 saturated carbocycles. The number of nitrogens with two attached hydrogens (primary N) is 1. The van der Waals surface area contributed by atoms with E-state index in [4.69, 9.17) is 17.3 Å². The molecule has 2 aromatic heterocycles. The summed E-state index contributed by atoms with van der Waals surface area (Å²) in [6, 6.07) is 1.82. The summed E-state index contributed by atoms with van der Waals surface area (Å²) in [5, 5.41) is 15.5. The van der Waals surface area contributed by atoms with Gasteiger partial charge in [0, 0.05) is 24.4 Å². The Kier molecular flexibility index (Phi) is 4.01. The molecule has 2 rings (SSSR count). The van der Waals surface area contributed by atoms with Crippen LogP contribution >= 0.6 is 11.6 Å².